The van der Waals surface area contributed by atoms with Crippen LogP contribution in [0.4, 0.5) is 92.2 Å². The summed E-state index contributed by atoms with van der Waals surface area (Å²) in [6, 6.07) is 0. The maximum atomic E-state index is 13.6. The van der Waals surface area contributed by atoms with E-state index in [4.69, 9.17) is 5.11 Å². The van der Waals surface area contributed by atoms with Crippen molar-refractivity contribution in [2.75, 3.05) is 13.6 Å². The number of hydrogen-bond acceptors (Lipinski definition) is 2. The standard InChI is InChI=1S/C14H10F21NO/c1-36-3-4(37)2-5(15,16)6(17,18)7(19,20)8(21,22)9(23,24)10(25,26)11(27,28)12(29,30)13(31,32)14(33,34)35/h4,36-37H,2-3H2,1H3. The van der Waals surface area contributed by atoms with Gasteiger partial charge in [0.2, 0.25) is 0 Å². The summed E-state index contributed by atoms with van der Waals surface area (Å²) in [5, 5.41) is 10.7. The molecule has 0 aromatic heterocycles. The first-order valence-corrected chi connectivity index (χ1v) is 8.50. The van der Waals surface area contributed by atoms with Crippen LogP contribution in [-0.4, -0.2) is 84.3 Å². The van der Waals surface area contributed by atoms with Crippen molar-refractivity contribution in [3.8, 4) is 0 Å². The zero-order valence-electron chi connectivity index (χ0n) is 16.9. The molecule has 0 bridgehead atoms. The summed E-state index contributed by atoms with van der Waals surface area (Å²) in [5.41, 5.74) is 0. The lowest BCUT2D eigenvalue weighted by atomic mass is 9.85. The Balaban J connectivity index is 6.95. The number of hydrogen-bond donors (Lipinski definition) is 2. The van der Waals surface area contributed by atoms with E-state index in [1.807, 2.05) is 0 Å². The van der Waals surface area contributed by atoms with Crippen molar-refractivity contribution in [3.05, 3.63) is 0 Å². The number of rotatable bonds is 12. The van der Waals surface area contributed by atoms with Crippen molar-refractivity contribution in [1.82, 2.24) is 5.32 Å². The highest BCUT2D eigenvalue weighted by molar-refractivity contribution is 5.18. The van der Waals surface area contributed by atoms with E-state index in [0.29, 0.717) is 0 Å². The van der Waals surface area contributed by atoms with Crippen LogP contribution in [0.2, 0.25) is 0 Å². The van der Waals surface area contributed by atoms with Crippen LogP contribution >= 0.6 is 0 Å². The number of halogens is 21. The predicted octanol–water partition coefficient (Wildman–Crippen LogP) is 6.24. The van der Waals surface area contributed by atoms with Gasteiger partial charge in [-0.15, -0.1) is 0 Å². The molecule has 0 aromatic carbocycles. The maximum absolute atomic E-state index is 13.6. The molecule has 0 heterocycles. The molecule has 0 saturated carbocycles. The molecule has 0 fully saturated rings. The van der Waals surface area contributed by atoms with Crippen molar-refractivity contribution in [2.24, 2.45) is 0 Å². The number of aliphatic hydroxyl groups is 1. The second-order valence-electron chi connectivity index (χ2n) is 7.21. The molecule has 0 radical (unpaired) electrons. The van der Waals surface area contributed by atoms with E-state index in [0.717, 1.165) is 7.05 Å². The Morgan fingerprint density at radius 2 is 0.703 bits per heavy atom. The van der Waals surface area contributed by atoms with Crippen molar-refractivity contribution in [2.45, 2.75) is 72.0 Å². The summed E-state index contributed by atoms with van der Waals surface area (Å²) in [6.45, 7) is -1.23. The van der Waals surface area contributed by atoms with Gasteiger partial charge >= 0.3 is 59.5 Å². The third kappa shape index (κ3) is 4.74. The van der Waals surface area contributed by atoms with Gasteiger partial charge in [-0.3, -0.25) is 0 Å². The van der Waals surface area contributed by atoms with Crippen molar-refractivity contribution >= 4 is 0 Å². The quantitative estimate of drug-likeness (QED) is 0.258. The van der Waals surface area contributed by atoms with E-state index in [9.17, 15) is 92.2 Å². The van der Waals surface area contributed by atoms with E-state index in [-0.39, 0.29) is 0 Å². The van der Waals surface area contributed by atoms with Crippen LogP contribution in [0.25, 0.3) is 0 Å². The SMILES string of the molecule is CNCC(O)CC(F)(F)C(F)(F)C(F)(F)C(F)(F)C(F)(F)C(F)(F)C(F)(F)C(F)(F)C(F)(F)C(F)(F)F. The second kappa shape index (κ2) is 9.28. The zero-order chi connectivity index (χ0) is 30.7. The lowest BCUT2D eigenvalue weighted by Gasteiger charge is -2.44. The number of alkyl halides is 21. The predicted molar refractivity (Wildman–Crippen MR) is 75.1 cm³/mol. The van der Waals surface area contributed by atoms with E-state index in [1.165, 1.54) is 0 Å². The minimum Gasteiger partial charge on any atom is -0.392 e. The van der Waals surface area contributed by atoms with Crippen molar-refractivity contribution < 1.29 is 97.3 Å². The molecule has 0 amide bonds. The Morgan fingerprint density at radius 3 is 0.946 bits per heavy atom. The van der Waals surface area contributed by atoms with Gasteiger partial charge in [-0.2, -0.15) is 92.2 Å². The number of aliphatic hydroxyl groups excluding tert-OH is 1. The average Bonchev–Trinajstić information content (AvgIpc) is 2.65. The third-order valence-electron chi connectivity index (χ3n) is 4.51. The first-order valence-electron chi connectivity index (χ1n) is 8.50. The first kappa shape index (κ1) is 35.4. The normalized spacial score (nSPS) is 17.3. The van der Waals surface area contributed by atoms with E-state index >= 15 is 0 Å². The van der Waals surface area contributed by atoms with Crippen molar-refractivity contribution in [3.63, 3.8) is 0 Å². The minimum atomic E-state index is -9.19. The Bertz CT molecular complexity index is 800. The van der Waals surface area contributed by atoms with Gasteiger partial charge in [0, 0.05) is 13.0 Å². The van der Waals surface area contributed by atoms with E-state index in [2.05, 4.69) is 0 Å². The number of likely N-dealkylation sites (N-methyl/N-ethyl adjacent to an activating group) is 1. The monoisotopic (exact) mass is 607 g/mol. The van der Waals surface area contributed by atoms with Gasteiger partial charge in [-0.25, -0.2) is 0 Å². The molecule has 37 heavy (non-hydrogen) atoms. The van der Waals surface area contributed by atoms with Crippen LogP contribution < -0.4 is 5.32 Å². The van der Waals surface area contributed by atoms with Gasteiger partial charge in [0.1, 0.15) is 0 Å². The van der Waals surface area contributed by atoms with Gasteiger partial charge in [0.05, 0.1) is 6.10 Å². The molecule has 0 rings (SSSR count). The summed E-state index contributed by atoms with van der Waals surface area (Å²) >= 11 is 0. The fourth-order valence-electron chi connectivity index (χ4n) is 2.32. The lowest BCUT2D eigenvalue weighted by molar-refractivity contribution is -0.474. The third-order valence-corrected chi connectivity index (χ3v) is 4.51. The molecule has 0 saturated heterocycles. The van der Waals surface area contributed by atoms with E-state index in [1.54, 1.807) is 5.32 Å². The largest absolute Gasteiger partial charge is 0.460 e. The van der Waals surface area contributed by atoms with Crippen LogP contribution in [0, 0.1) is 0 Å². The molecular weight excluding hydrogens is 597 g/mol. The minimum absolute atomic E-state index is 0.781. The molecule has 2 nitrogen and oxygen atoms in total. The lowest BCUT2D eigenvalue weighted by Crippen LogP contribution is -2.76. The maximum Gasteiger partial charge on any atom is 0.460 e. The van der Waals surface area contributed by atoms with E-state index < -0.39 is 78.5 Å². The van der Waals surface area contributed by atoms with Gasteiger partial charge in [-0.05, 0) is 7.05 Å². The molecule has 224 valence electrons. The Labute approximate surface area is 189 Å². The zero-order valence-corrected chi connectivity index (χ0v) is 16.9. The van der Waals surface area contributed by atoms with Crippen LogP contribution in [0.15, 0.2) is 0 Å². The van der Waals surface area contributed by atoms with Crippen LogP contribution in [0.1, 0.15) is 6.42 Å². The molecule has 0 aliphatic rings. The fraction of sp³-hybridized carbons (Fsp3) is 1.00. The molecule has 0 aromatic rings. The molecular formula is C14H10F21NO. The Hall–Kier alpha value is -1.55. The van der Waals surface area contributed by atoms with Gasteiger partial charge in [0.25, 0.3) is 0 Å². The van der Waals surface area contributed by atoms with Crippen LogP contribution in [0.3, 0.4) is 0 Å². The molecule has 1 unspecified atom stereocenters. The highest BCUT2D eigenvalue weighted by Gasteiger charge is 2.97. The molecule has 2 N–H and O–H groups in total. The van der Waals surface area contributed by atoms with Gasteiger partial charge in [0.15, 0.2) is 0 Å². The highest BCUT2D eigenvalue weighted by Crippen LogP contribution is 2.66. The molecule has 0 aliphatic heterocycles. The molecule has 0 spiro atoms. The summed E-state index contributed by atoms with van der Waals surface area (Å²) in [5.74, 6) is -77.3. The van der Waals surface area contributed by atoms with Gasteiger partial charge in [-0.1, -0.05) is 0 Å². The Kier molecular flexibility index (Phi) is 8.89. The topological polar surface area (TPSA) is 32.3 Å². The Morgan fingerprint density at radius 1 is 0.459 bits per heavy atom. The second-order valence-corrected chi connectivity index (χ2v) is 7.21. The summed E-state index contributed by atoms with van der Waals surface area (Å²) in [6.07, 6.45) is -14.0. The fourth-order valence-corrected chi connectivity index (χ4v) is 2.32. The summed E-state index contributed by atoms with van der Waals surface area (Å²) in [7, 11) is 0.781. The summed E-state index contributed by atoms with van der Waals surface area (Å²) < 4.78 is 276. The number of nitrogens with one attached hydrogen (secondary N) is 1. The molecule has 23 heteroatoms. The van der Waals surface area contributed by atoms with Crippen LogP contribution in [0.5, 0.6) is 0 Å². The molecule has 1 atom stereocenters. The van der Waals surface area contributed by atoms with Crippen molar-refractivity contribution in [1.29, 1.82) is 0 Å². The molecule has 0 aliphatic carbocycles. The van der Waals surface area contributed by atoms with Crippen LogP contribution in [-0.2, 0) is 0 Å². The summed E-state index contributed by atoms with van der Waals surface area (Å²) in [4.78, 5) is 0. The average molecular weight is 607 g/mol. The smallest absolute Gasteiger partial charge is 0.392 e. The van der Waals surface area contributed by atoms with Gasteiger partial charge < -0.3 is 10.4 Å². The first-order chi connectivity index (χ1) is 15.7. The highest BCUT2D eigenvalue weighted by atomic mass is 19.4.